The Bertz CT molecular complexity index is 1600. The molecule has 1 aliphatic heterocycles. The molecule has 1 aromatic carbocycles. The lowest BCUT2D eigenvalue weighted by Crippen LogP contribution is -2.57. The SMILES string of the molecule is C[C@@H]1CN(c2cc(=O)n(C)c3ccc(C#N)nc23)[C@@H](C)CN1C(c1ccc(F)cc1)c1nc(C2CC2)cs1. The van der Waals surface area contributed by atoms with Crippen LogP contribution in [0.4, 0.5) is 10.1 Å². The van der Waals surface area contributed by atoms with Gasteiger partial charge < -0.3 is 9.47 Å². The zero-order chi connectivity index (χ0) is 26.6. The molecule has 2 fully saturated rings. The molecule has 4 aromatic rings. The van der Waals surface area contributed by atoms with Gasteiger partial charge >= 0.3 is 0 Å². The van der Waals surface area contributed by atoms with Crippen LogP contribution < -0.4 is 10.5 Å². The molecule has 0 amide bonds. The molecule has 0 spiro atoms. The van der Waals surface area contributed by atoms with E-state index < -0.39 is 0 Å². The summed E-state index contributed by atoms with van der Waals surface area (Å²) in [6.07, 6.45) is 2.39. The van der Waals surface area contributed by atoms with Gasteiger partial charge in [-0.1, -0.05) is 12.1 Å². The lowest BCUT2D eigenvalue weighted by molar-refractivity contribution is 0.129. The van der Waals surface area contributed by atoms with Crippen LogP contribution in [0.15, 0.2) is 52.6 Å². The fourth-order valence-corrected chi connectivity index (χ4v) is 6.60. The van der Waals surface area contributed by atoms with E-state index >= 15 is 0 Å². The molecule has 6 rings (SSSR count). The number of hydrogen-bond donors (Lipinski definition) is 0. The first-order chi connectivity index (χ1) is 18.3. The number of piperazine rings is 1. The molecule has 194 valence electrons. The van der Waals surface area contributed by atoms with Gasteiger partial charge in [0.25, 0.3) is 5.56 Å². The second kappa shape index (κ2) is 9.61. The highest BCUT2D eigenvalue weighted by Crippen LogP contribution is 2.43. The Morgan fingerprint density at radius 3 is 2.55 bits per heavy atom. The molecule has 2 aliphatic rings. The predicted octanol–water partition coefficient (Wildman–Crippen LogP) is 4.97. The summed E-state index contributed by atoms with van der Waals surface area (Å²) in [6.45, 7) is 5.72. The van der Waals surface area contributed by atoms with Crippen molar-refractivity contribution in [1.29, 1.82) is 5.26 Å². The first-order valence-corrected chi connectivity index (χ1v) is 13.9. The second-order valence-electron chi connectivity index (χ2n) is 10.5. The fraction of sp³-hybridized carbons (Fsp3) is 0.379. The lowest BCUT2D eigenvalue weighted by Gasteiger charge is -2.48. The fourth-order valence-electron chi connectivity index (χ4n) is 5.56. The number of hydrogen-bond acceptors (Lipinski definition) is 7. The van der Waals surface area contributed by atoms with Crippen LogP contribution in [0.1, 0.15) is 60.6 Å². The van der Waals surface area contributed by atoms with Gasteiger partial charge in [-0.2, -0.15) is 5.26 Å². The van der Waals surface area contributed by atoms with Gasteiger partial charge in [0.2, 0.25) is 0 Å². The quantitative estimate of drug-likeness (QED) is 0.364. The number of thiazole rings is 1. The highest BCUT2D eigenvalue weighted by molar-refractivity contribution is 7.09. The van der Waals surface area contributed by atoms with Crippen molar-refractivity contribution in [3.05, 3.63) is 86.0 Å². The average molecular weight is 529 g/mol. The molecule has 1 aliphatic carbocycles. The number of fused-ring (bicyclic) bond motifs is 1. The molecule has 1 saturated carbocycles. The lowest BCUT2D eigenvalue weighted by atomic mass is 9.99. The molecule has 1 unspecified atom stereocenters. The number of pyridine rings is 2. The topological polar surface area (TPSA) is 78.0 Å². The van der Waals surface area contributed by atoms with Crippen molar-refractivity contribution >= 4 is 28.1 Å². The third kappa shape index (κ3) is 4.38. The van der Waals surface area contributed by atoms with E-state index in [4.69, 9.17) is 4.98 Å². The van der Waals surface area contributed by atoms with Crippen molar-refractivity contribution in [2.45, 2.75) is 50.7 Å². The Kier molecular flexibility index (Phi) is 6.25. The minimum atomic E-state index is -0.252. The molecule has 0 N–H and O–H groups in total. The van der Waals surface area contributed by atoms with Crippen LogP contribution >= 0.6 is 11.3 Å². The van der Waals surface area contributed by atoms with Gasteiger partial charge in [0.05, 0.1) is 22.9 Å². The minimum Gasteiger partial charge on any atom is -0.364 e. The van der Waals surface area contributed by atoms with E-state index in [-0.39, 0.29) is 29.5 Å². The first-order valence-electron chi connectivity index (χ1n) is 13.0. The Hall–Kier alpha value is -3.61. The molecule has 4 heterocycles. The zero-order valence-corrected chi connectivity index (χ0v) is 22.5. The van der Waals surface area contributed by atoms with E-state index in [0.29, 0.717) is 29.2 Å². The standard InChI is InChI=1S/C29H29FN6OS/c1-17-15-36(28(20-6-8-21(30)9-7-20)29-33-23(16-38-29)19-4-5-19)18(2)14-35(17)25-12-26(37)34(3)24-11-10-22(13-31)32-27(24)25/h6-12,16-19,28H,4-5,14-15H2,1-3H3/t17-,18+,28?/m0/s1. The van der Waals surface area contributed by atoms with Gasteiger partial charge in [-0.15, -0.1) is 11.3 Å². The van der Waals surface area contributed by atoms with E-state index in [2.05, 4.69) is 40.1 Å². The molecule has 7 nitrogen and oxygen atoms in total. The van der Waals surface area contributed by atoms with Gasteiger partial charge in [-0.05, 0) is 56.5 Å². The van der Waals surface area contributed by atoms with Gasteiger partial charge in [-0.25, -0.2) is 14.4 Å². The maximum absolute atomic E-state index is 13.8. The summed E-state index contributed by atoms with van der Waals surface area (Å²) in [4.78, 5) is 27.2. The van der Waals surface area contributed by atoms with Crippen molar-refractivity contribution in [2.24, 2.45) is 7.05 Å². The summed E-state index contributed by atoms with van der Waals surface area (Å²) in [5.41, 5.74) is 4.51. The molecule has 38 heavy (non-hydrogen) atoms. The maximum atomic E-state index is 13.8. The van der Waals surface area contributed by atoms with Crippen molar-refractivity contribution in [1.82, 2.24) is 19.4 Å². The first kappa shape index (κ1) is 24.7. The van der Waals surface area contributed by atoms with Crippen molar-refractivity contribution < 1.29 is 4.39 Å². The van der Waals surface area contributed by atoms with Gasteiger partial charge in [-0.3, -0.25) is 9.69 Å². The van der Waals surface area contributed by atoms with Crippen LogP contribution in [0.3, 0.4) is 0 Å². The summed E-state index contributed by atoms with van der Waals surface area (Å²) in [5, 5.41) is 12.7. The molecular weight excluding hydrogens is 499 g/mol. The molecule has 9 heteroatoms. The van der Waals surface area contributed by atoms with Crippen LogP contribution in [0.5, 0.6) is 0 Å². The molecule has 3 atom stereocenters. The summed E-state index contributed by atoms with van der Waals surface area (Å²) >= 11 is 1.68. The molecule has 0 radical (unpaired) electrons. The Morgan fingerprint density at radius 2 is 1.84 bits per heavy atom. The van der Waals surface area contributed by atoms with Crippen molar-refractivity contribution in [3.8, 4) is 6.07 Å². The highest BCUT2D eigenvalue weighted by Gasteiger charge is 2.38. The van der Waals surface area contributed by atoms with E-state index in [1.165, 1.54) is 30.7 Å². The van der Waals surface area contributed by atoms with E-state index in [1.54, 1.807) is 41.2 Å². The van der Waals surface area contributed by atoms with Gasteiger partial charge in [0.1, 0.15) is 28.1 Å². The summed E-state index contributed by atoms with van der Waals surface area (Å²) in [6, 6.07) is 14.0. The average Bonchev–Trinajstić information content (AvgIpc) is 3.66. The number of nitriles is 1. The summed E-state index contributed by atoms with van der Waals surface area (Å²) in [5.74, 6) is 0.320. The monoisotopic (exact) mass is 528 g/mol. The number of benzene rings is 1. The second-order valence-corrected chi connectivity index (χ2v) is 11.4. The summed E-state index contributed by atoms with van der Waals surface area (Å²) in [7, 11) is 1.73. The Labute approximate surface area is 224 Å². The third-order valence-corrected chi connectivity index (χ3v) is 8.73. The van der Waals surface area contributed by atoms with Gasteiger partial charge in [0, 0.05) is 49.6 Å². The molecular formula is C29H29FN6OS. The van der Waals surface area contributed by atoms with E-state index in [0.717, 1.165) is 22.8 Å². The maximum Gasteiger partial charge on any atom is 0.252 e. The van der Waals surface area contributed by atoms with Crippen molar-refractivity contribution in [2.75, 3.05) is 18.0 Å². The number of rotatable bonds is 5. The predicted molar refractivity (Wildman–Crippen MR) is 147 cm³/mol. The van der Waals surface area contributed by atoms with Crippen LogP contribution in [0.25, 0.3) is 11.0 Å². The minimum absolute atomic E-state index is 0.0554. The van der Waals surface area contributed by atoms with E-state index in [1.807, 2.05) is 12.1 Å². The smallest absolute Gasteiger partial charge is 0.252 e. The number of nitrogens with zero attached hydrogens (tertiary/aromatic N) is 6. The van der Waals surface area contributed by atoms with Crippen LogP contribution in [-0.2, 0) is 7.05 Å². The van der Waals surface area contributed by atoms with Crippen LogP contribution in [0.2, 0.25) is 0 Å². The number of aromatic nitrogens is 3. The van der Waals surface area contributed by atoms with Crippen LogP contribution in [0, 0.1) is 17.1 Å². The third-order valence-electron chi connectivity index (χ3n) is 7.81. The zero-order valence-electron chi connectivity index (χ0n) is 21.6. The Morgan fingerprint density at radius 1 is 1.08 bits per heavy atom. The normalized spacial score (nSPS) is 21.0. The largest absolute Gasteiger partial charge is 0.364 e. The van der Waals surface area contributed by atoms with E-state index in [9.17, 15) is 14.4 Å². The number of anilines is 1. The van der Waals surface area contributed by atoms with Crippen molar-refractivity contribution in [3.63, 3.8) is 0 Å². The van der Waals surface area contributed by atoms with Crippen LogP contribution in [-0.4, -0.2) is 44.6 Å². The number of halogens is 1. The molecule has 3 aromatic heterocycles. The Balaban J connectivity index is 1.38. The highest BCUT2D eigenvalue weighted by atomic mass is 32.1. The van der Waals surface area contributed by atoms with Gasteiger partial charge in [0.15, 0.2) is 0 Å². The molecule has 0 bridgehead atoms. The number of aryl methyl sites for hydroxylation is 1. The molecule has 1 saturated heterocycles. The summed E-state index contributed by atoms with van der Waals surface area (Å²) < 4.78 is 15.4.